The van der Waals surface area contributed by atoms with Gasteiger partial charge in [0.05, 0.1) is 16.8 Å². The number of furan rings is 1. The molecule has 134 valence electrons. The Bertz CT molecular complexity index is 1110. The van der Waals surface area contributed by atoms with Gasteiger partial charge in [-0.2, -0.15) is 0 Å². The topological polar surface area (TPSA) is 81.2 Å². The lowest BCUT2D eigenvalue weighted by Crippen LogP contribution is -2.13. The van der Waals surface area contributed by atoms with Crippen molar-refractivity contribution in [2.24, 2.45) is 0 Å². The van der Waals surface area contributed by atoms with Crippen LogP contribution in [0.3, 0.4) is 0 Å². The molecular formula is C19H11ClFN3O3. The second-order valence-electron chi connectivity index (χ2n) is 5.53. The molecule has 1 N–H and O–H groups in total. The summed E-state index contributed by atoms with van der Waals surface area (Å²) < 4.78 is 24.8. The van der Waals surface area contributed by atoms with Gasteiger partial charge in [-0.1, -0.05) is 23.7 Å². The van der Waals surface area contributed by atoms with Crippen molar-refractivity contribution in [2.75, 3.05) is 5.32 Å². The van der Waals surface area contributed by atoms with E-state index in [1.165, 1.54) is 24.5 Å². The summed E-state index contributed by atoms with van der Waals surface area (Å²) in [6.45, 7) is 0. The lowest BCUT2D eigenvalue weighted by molar-refractivity contribution is 0.102. The summed E-state index contributed by atoms with van der Waals surface area (Å²) in [6, 6.07) is 14.4. The molecule has 1 amide bonds. The molecule has 0 aliphatic rings. The maximum Gasteiger partial charge on any atom is 0.283 e. The van der Waals surface area contributed by atoms with E-state index in [-0.39, 0.29) is 22.4 Å². The van der Waals surface area contributed by atoms with Gasteiger partial charge in [0.2, 0.25) is 5.89 Å². The Morgan fingerprint density at radius 2 is 1.85 bits per heavy atom. The quantitative estimate of drug-likeness (QED) is 0.533. The van der Waals surface area contributed by atoms with Crippen LogP contribution in [-0.2, 0) is 0 Å². The Kier molecular flexibility index (Phi) is 4.43. The average Bonchev–Trinajstić information content (AvgIpc) is 3.35. The minimum atomic E-state index is -0.771. The van der Waals surface area contributed by atoms with Crippen LogP contribution in [-0.4, -0.2) is 16.1 Å². The number of aromatic nitrogens is 2. The summed E-state index contributed by atoms with van der Waals surface area (Å²) in [5, 5.41) is 10.4. The number of hydrogen-bond acceptors (Lipinski definition) is 5. The van der Waals surface area contributed by atoms with Crippen LogP contribution in [0.4, 0.5) is 10.1 Å². The van der Waals surface area contributed by atoms with Crippen molar-refractivity contribution in [1.29, 1.82) is 0 Å². The molecule has 0 spiro atoms. The second-order valence-corrected chi connectivity index (χ2v) is 5.93. The van der Waals surface area contributed by atoms with Gasteiger partial charge >= 0.3 is 0 Å². The molecule has 0 saturated carbocycles. The van der Waals surface area contributed by atoms with E-state index in [1.54, 1.807) is 36.4 Å². The van der Waals surface area contributed by atoms with Gasteiger partial charge in [0.1, 0.15) is 0 Å². The summed E-state index contributed by atoms with van der Waals surface area (Å²) in [7, 11) is 0. The molecule has 0 aliphatic heterocycles. The van der Waals surface area contributed by atoms with Crippen LogP contribution in [0.15, 0.2) is 69.7 Å². The van der Waals surface area contributed by atoms with Gasteiger partial charge in [-0.3, -0.25) is 4.79 Å². The Morgan fingerprint density at radius 3 is 2.67 bits per heavy atom. The number of nitrogens with zero attached hydrogens (tertiary/aromatic N) is 2. The first-order chi connectivity index (χ1) is 13.1. The molecule has 6 nitrogen and oxygen atoms in total. The predicted molar refractivity (Wildman–Crippen MR) is 96.8 cm³/mol. The lowest BCUT2D eigenvalue weighted by atomic mass is 10.1. The van der Waals surface area contributed by atoms with Crippen LogP contribution in [0, 0.1) is 5.82 Å². The zero-order chi connectivity index (χ0) is 18.8. The van der Waals surface area contributed by atoms with Crippen LogP contribution in [0.2, 0.25) is 5.02 Å². The van der Waals surface area contributed by atoms with Crippen LogP contribution < -0.4 is 5.32 Å². The summed E-state index contributed by atoms with van der Waals surface area (Å²) in [5.41, 5.74) is 0.880. The lowest BCUT2D eigenvalue weighted by Gasteiger charge is -2.07. The first-order valence-corrected chi connectivity index (χ1v) is 8.23. The minimum absolute atomic E-state index is 0.118. The molecule has 0 fully saturated rings. The Balaban J connectivity index is 1.58. The highest BCUT2D eigenvalue weighted by molar-refractivity contribution is 6.31. The van der Waals surface area contributed by atoms with E-state index in [0.717, 1.165) is 0 Å². The van der Waals surface area contributed by atoms with E-state index in [4.69, 9.17) is 20.4 Å². The molecule has 2 aromatic carbocycles. The molecule has 0 atom stereocenters. The normalized spacial score (nSPS) is 10.7. The van der Waals surface area contributed by atoms with Crippen LogP contribution in [0.5, 0.6) is 0 Å². The fourth-order valence-corrected chi connectivity index (χ4v) is 2.62. The smallest absolute Gasteiger partial charge is 0.283 e. The van der Waals surface area contributed by atoms with E-state index in [2.05, 4.69) is 15.5 Å². The van der Waals surface area contributed by atoms with Crippen molar-refractivity contribution in [3.05, 3.63) is 77.3 Å². The summed E-state index contributed by atoms with van der Waals surface area (Å²) >= 11 is 5.72. The van der Waals surface area contributed by atoms with Crippen LogP contribution in [0.25, 0.3) is 23.1 Å². The summed E-state index contributed by atoms with van der Waals surface area (Å²) in [5.74, 6) is -0.437. The van der Waals surface area contributed by atoms with E-state index in [1.807, 2.05) is 0 Å². The molecule has 2 aromatic heterocycles. The van der Waals surface area contributed by atoms with Gasteiger partial charge in [0.25, 0.3) is 11.8 Å². The van der Waals surface area contributed by atoms with E-state index in [0.29, 0.717) is 17.0 Å². The van der Waals surface area contributed by atoms with Gasteiger partial charge in [0.15, 0.2) is 11.6 Å². The fourth-order valence-electron chi connectivity index (χ4n) is 2.45. The van der Waals surface area contributed by atoms with Crippen molar-refractivity contribution < 1.29 is 18.0 Å². The van der Waals surface area contributed by atoms with Crippen LogP contribution in [0.1, 0.15) is 10.4 Å². The molecule has 2 heterocycles. The third-order valence-electron chi connectivity index (χ3n) is 3.72. The van der Waals surface area contributed by atoms with E-state index >= 15 is 0 Å². The monoisotopic (exact) mass is 383 g/mol. The molecule has 0 aliphatic carbocycles. The largest absolute Gasteiger partial charge is 0.459 e. The number of carbonyl (C=O) groups is 1. The van der Waals surface area contributed by atoms with E-state index in [9.17, 15) is 9.18 Å². The van der Waals surface area contributed by atoms with Gasteiger partial charge < -0.3 is 14.2 Å². The van der Waals surface area contributed by atoms with Crippen molar-refractivity contribution in [3.8, 4) is 23.1 Å². The molecule has 8 heteroatoms. The second kappa shape index (κ2) is 7.05. The van der Waals surface area contributed by atoms with Crippen LogP contribution >= 0.6 is 11.6 Å². The molecule has 0 radical (unpaired) electrons. The molecule has 0 saturated heterocycles. The molecule has 4 rings (SSSR count). The molecule has 4 aromatic rings. The number of rotatable bonds is 4. The zero-order valence-corrected chi connectivity index (χ0v) is 14.4. The van der Waals surface area contributed by atoms with Gasteiger partial charge in [-0.05, 0) is 42.5 Å². The van der Waals surface area contributed by atoms with Crippen molar-refractivity contribution >= 4 is 23.2 Å². The molecular weight excluding hydrogens is 373 g/mol. The average molecular weight is 384 g/mol. The third-order valence-corrected chi connectivity index (χ3v) is 4.01. The predicted octanol–water partition coefficient (Wildman–Crippen LogP) is 5.04. The van der Waals surface area contributed by atoms with Gasteiger partial charge in [-0.25, -0.2) is 4.39 Å². The Labute approximate surface area is 157 Å². The van der Waals surface area contributed by atoms with Crippen molar-refractivity contribution in [1.82, 2.24) is 10.2 Å². The molecule has 27 heavy (non-hydrogen) atoms. The SMILES string of the molecule is O=C(Nc1cccc(-c2nnc(-c3ccco3)o2)c1)c1cccc(Cl)c1F. The first-order valence-electron chi connectivity index (χ1n) is 7.85. The highest BCUT2D eigenvalue weighted by Crippen LogP contribution is 2.26. The number of halogens is 2. The van der Waals surface area contributed by atoms with Crippen molar-refractivity contribution in [2.45, 2.75) is 0 Å². The molecule has 0 bridgehead atoms. The number of nitrogens with one attached hydrogen (secondary N) is 1. The zero-order valence-electron chi connectivity index (χ0n) is 13.6. The number of carbonyl (C=O) groups excluding carboxylic acids is 1. The van der Waals surface area contributed by atoms with Crippen molar-refractivity contribution in [3.63, 3.8) is 0 Å². The standard InChI is InChI=1S/C19H11ClFN3O3/c20-14-7-2-6-13(16(14)21)17(25)22-12-5-1-4-11(10-12)18-23-24-19(27-18)15-8-3-9-26-15/h1-10H,(H,22,25). The highest BCUT2D eigenvalue weighted by atomic mass is 35.5. The summed E-state index contributed by atoms with van der Waals surface area (Å²) in [4.78, 5) is 12.3. The van der Waals surface area contributed by atoms with Gasteiger partial charge in [-0.15, -0.1) is 10.2 Å². The number of hydrogen-bond donors (Lipinski definition) is 1. The van der Waals surface area contributed by atoms with E-state index < -0.39 is 11.7 Å². The maximum absolute atomic E-state index is 14.0. The number of amides is 1. The maximum atomic E-state index is 14.0. The number of anilines is 1. The minimum Gasteiger partial charge on any atom is -0.459 e. The van der Waals surface area contributed by atoms with Gasteiger partial charge in [0, 0.05) is 11.3 Å². The Hall–Kier alpha value is -3.45. The third kappa shape index (κ3) is 3.45. The summed E-state index contributed by atoms with van der Waals surface area (Å²) in [6.07, 6.45) is 1.50. The Morgan fingerprint density at radius 1 is 1.04 bits per heavy atom. The highest BCUT2D eigenvalue weighted by Gasteiger charge is 2.16. The number of benzene rings is 2. The molecule has 0 unspecified atom stereocenters. The first kappa shape index (κ1) is 17.0. The fraction of sp³-hybridized carbons (Fsp3) is 0.